The third-order valence-electron chi connectivity index (χ3n) is 2.03. The Morgan fingerprint density at radius 1 is 1.21 bits per heavy atom. The van der Waals surface area contributed by atoms with Crippen LogP contribution < -0.4 is 11.5 Å². The summed E-state index contributed by atoms with van der Waals surface area (Å²) in [7, 11) is 0. The first kappa shape index (κ1) is 12.7. The smallest absolute Gasteiger partial charge is 0.225 e. The van der Waals surface area contributed by atoms with Crippen LogP contribution in [0.15, 0.2) is 29.4 Å². The lowest BCUT2D eigenvalue weighted by atomic mass is 10.2. The normalized spacial score (nSPS) is 10.8. The molecule has 1 aromatic carbocycles. The molecule has 1 heterocycles. The molecule has 0 atom stereocenters. The van der Waals surface area contributed by atoms with Crippen molar-refractivity contribution in [3.8, 4) is 0 Å². The van der Waals surface area contributed by atoms with Gasteiger partial charge in [0.15, 0.2) is 12.4 Å². The highest BCUT2D eigenvalue weighted by atomic mass is 19.1. The number of hydrogen-bond donors (Lipinski definition) is 2. The maximum atomic E-state index is 12.9. The molecule has 0 spiro atoms. The Morgan fingerprint density at radius 3 is 2.63 bits per heavy atom. The molecule has 19 heavy (non-hydrogen) atoms. The largest absolute Gasteiger partial charge is 0.388 e. The first-order valence-corrected chi connectivity index (χ1v) is 5.30. The fourth-order valence-corrected chi connectivity index (χ4v) is 1.30. The van der Waals surface area contributed by atoms with E-state index in [0.29, 0.717) is 5.56 Å². The van der Waals surface area contributed by atoms with Crippen LogP contribution in [0.4, 0.5) is 16.3 Å². The minimum Gasteiger partial charge on any atom is -0.388 e. The van der Waals surface area contributed by atoms with E-state index in [2.05, 4.69) is 20.1 Å². The number of nitrogens with two attached hydrogens (primary N) is 2. The third-order valence-corrected chi connectivity index (χ3v) is 2.03. The molecular formula is C11H11FN6O. The van der Waals surface area contributed by atoms with Crippen LogP contribution in [0.5, 0.6) is 0 Å². The lowest BCUT2D eigenvalue weighted by Crippen LogP contribution is -2.07. The minimum atomic E-state index is -0.345. The van der Waals surface area contributed by atoms with E-state index in [0.717, 1.165) is 0 Å². The molecule has 7 nitrogen and oxygen atoms in total. The fraction of sp³-hybridized carbons (Fsp3) is 0.0909. The van der Waals surface area contributed by atoms with Gasteiger partial charge >= 0.3 is 0 Å². The molecule has 0 aliphatic rings. The maximum absolute atomic E-state index is 12.9. The summed E-state index contributed by atoms with van der Waals surface area (Å²) in [6, 6.07) is 5.93. The van der Waals surface area contributed by atoms with E-state index in [-0.39, 0.29) is 30.1 Å². The quantitative estimate of drug-likeness (QED) is 0.620. The second-order valence-corrected chi connectivity index (χ2v) is 3.53. The number of hydrogen-bond acceptors (Lipinski definition) is 7. The molecule has 0 aliphatic heterocycles. The van der Waals surface area contributed by atoms with Crippen molar-refractivity contribution in [3.05, 3.63) is 41.5 Å². The van der Waals surface area contributed by atoms with E-state index in [1.807, 2.05) is 0 Å². The zero-order valence-electron chi connectivity index (χ0n) is 9.82. The van der Waals surface area contributed by atoms with E-state index in [1.54, 1.807) is 12.1 Å². The Morgan fingerprint density at radius 2 is 1.95 bits per heavy atom. The summed E-state index contributed by atoms with van der Waals surface area (Å²) in [6.45, 7) is -0.0112. The summed E-state index contributed by atoms with van der Waals surface area (Å²) < 4.78 is 12.9. The van der Waals surface area contributed by atoms with Crippen molar-refractivity contribution in [2.24, 2.45) is 5.16 Å². The average Bonchev–Trinajstić information content (AvgIpc) is 2.34. The Labute approximate surface area is 108 Å². The standard InChI is InChI=1S/C11H11FN6O/c12-8-3-1-2-7(4-8)5-15-19-6-9-16-10(13)18-11(14)17-9/h1-5H,6H2,(H4,13,14,16,17,18)/b15-5-. The highest BCUT2D eigenvalue weighted by Gasteiger charge is 2.01. The fourth-order valence-electron chi connectivity index (χ4n) is 1.30. The van der Waals surface area contributed by atoms with Gasteiger partial charge in [-0.1, -0.05) is 17.3 Å². The molecule has 98 valence electrons. The molecule has 1 aromatic heterocycles. The molecule has 0 saturated heterocycles. The Bertz CT molecular complexity index is 583. The van der Waals surface area contributed by atoms with Gasteiger partial charge in [0.1, 0.15) is 5.82 Å². The van der Waals surface area contributed by atoms with Crippen LogP contribution >= 0.6 is 0 Å². The number of rotatable bonds is 4. The lowest BCUT2D eigenvalue weighted by Gasteiger charge is -2.00. The van der Waals surface area contributed by atoms with E-state index >= 15 is 0 Å². The van der Waals surface area contributed by atoms with Crippen LogP contribution in [0.2, 0.25) is 0 Å². The Balaban J connectivity index is 1.93. The van der Waals surface area contributed by atoms with E-state index in [9.17, 15) is 4.39 Å². The topological polar surface area (TPSA) is 112 Å². The number of benzene rings is 1. The molecule has 0 unspecified atom stereocenters. The molecule has 0 fully saturated rings. The van der Waals surface area contributed by atoms with Crippen molar-refractivity contribution in [1.82, 2.24) is 15.0 Å². The van der Waals surface area contributed by atoms with Crippen molar-refractivity contribution in [2.45, 2.75) is 6.61 Å². The summed E-state index contributed by atoms with van der Waals surface area (Å²) >= 11 is 0. The average molecular weight is 262 g/mol. The first-order valence-electron chi connectivity index (χ1n) is 5.30. The third kappa shape index (κ3) is 3.87. The zero-order valence-corrected chi connectivity index (χ0v) is 9.82. The second kappa shape index (κ2) is 5.71. The number of nitrogens with zero attached hydrogens (tertiary/aromatic N) is 4. The van der Waals surface area contributed by atoms with Gasteiger partial charge in [-0.25, -0.2) is 4.39 Å². The van der Waals surface area contributed by atoms with Crippen LogP contribution in [0.25, 0.3) is 0 Å². The molecule has 8 heteroatoms. The van der Waals surface area contributed by atoms with E-state index in [4.69, 9.17) is 16.3 Å². The molecule has 2 rings (SSSR count). The Hall–Kier alpha value is -2.77. The molecule has 4 N–H and O–H groups in total. The van der Waals surface area contributed by atoms with Gasteiger partial charge in [-0.3, -0.25) is 0 Å². The van der Waals surface area contributed by atoms with Crippen molar-refractivity contribution in [1.29, 1.82) is 0 Å². The van der Waals surface area contributed by atoms with Crippen LogP contribution in [0.3, 0.4) is 0 Å². The summed E-state index contributed by atoms with van der Waals surface area (Å²) in [5.74, 6) is -0.0521. The SMILES string of the molecule is Nc1nc(N)nc(CO/N=C\c2cccc(F)c2)n1. The van der Waals surface area contributed by atoms with Gasteiger partial charge in [0.2, 0.25) is 11.9 Å². The number of oxime groups is 1. The highest BCUT2D eigenvalue weighted by molar-refractivity contribution is 5.78. The maximum Gasteiger partial charge on any atom is 0.225 e. The van der Waals surface area contributed by atoms with Crippen LogP contribution in [0.1, 0.15) is 11.4 Å². The molecule has 0 aliphatic carbocycles. The molecular weight excluding hydrogens is 251 g/mol. The molecule has 0 bridgehead atoms. The molecule has 0 radical (unpaired) electrons. The lowest BCUT2D eigenvalue weighted by molar-refractivity contribution is 0.126. The number of nitrogen functional groups attached to an aromatic ring is 2. The summed E-state index contributed by atoms with van der Waals surface area (Å²) in [5.41, 5.74) is 11.4. The van der Waals surface area contributed by atoms with Crippen molar-refractivity contribution < 1.29 is 9.23 Å². The minimum absolute atomic E-state index is 0.0112. The van der Waals surface area contributed by atoms with Gasteiger partial charge in [0.05, 0.1) is 6.21 Å². The predicted octanol–water partition coefficient (Wildman–Crippen LogP) is 0.726. The monoisotopic (exact) mass is 262 g/mol. The summed E-state index contributed by atoms with van der Waals surface area (Å²) in [4.78, 5) is 16.2. The first-order chi connectivity index (χ1) is 9.13. The van der Waals surface area contributed by atoms with Gasteiger partial charge in [-0.2, -0.15) is 15.0 Å². The van der Waals surface area contributed by atoms with Crippen molar-refractivity contribution >= 4 is 18.1 Å². The molecule has 2 aromatic rings. The predicted molar refractivity (Wildman–Crippen MR) is 67.4 cm³/mol. The summed E-state index contributed by atoms with van der Waals surface area (Å²) in [5, 5.41) is 3.66. The van der Waals surface area contributed by atoms with Crippen LogP contribution in [-0.2, 0) is 11.4 Å². The summed E-state index contributed by atoms with van der Waals surface area (Å²) in [6.07, 6.45) is 1.37. The van der Waals surface area contributed by atoms with Crippen LogP contribution in [0, 0.1) is 5.82 Å². The van der Waals surface area contributed by atoms with Gasteiger partial charge in [-0.05, 0) is 17.7 Å². The Kier molecular flexibility index (Phi) is 3.81. The number of anilines is 2. The van der Waals surface area contributed by atoms with E-state index in [1.165, 1.54) is 18.3 Å². The second-order valence-electron chi connectivity index (χ2n) is 3.53. The molecule has 0 amide bonds. The van der Waals surface area contributed by atoms with E-state index < -0.39 is 0 Å². The van der Waals surface area contributed by atoms with Crippen molar-refractivity contribution in [2.75, 3.05) is 11.5 Å². The van der Waals surface area contributed by atoms with Gasteiger partial charge < -0.3 is 16.3 Å². The molecule has 0 saturated carbocycles. The van der Waals surface area contributed by atoms with Gasteiger partial charge in [0.25, 0.3) is 0 Å². The number of halogens is 1. The highest BCUT2D eigenvalue weighted by Crippen LogP contribution is 2.02. The van der Waals surface area contributed by atoms with Crippen LogP contribution in [-0.4, -0.2) is 21.2 Å². The van der Waals surface area contributed by atoms with Gasteiger partial charge in [-0.15, -0.1) is 0 Å². The van der Waals surface area contributed by atoms with Gasteiger partial charge in [0, 0.05) is 0 Å². The zero-order chi connectivity index (χ0) is 13.7. The number of aromatic nitrogens is 3. The van der Waals surface area contributed by atoms with Crippen molar-refractivity contribution in [3.63, 3.8) is 0 Å².